The summed E-state index contributed by atoms with van der Waals surface area (Å²) in [5, 5.41) is 14.8. The zero-order valence-electron chi connectivity index (χ0n) is 29.4. The molecule has 2 saturated carbocycles. The van der Waals surface area contributed by atoms with Crippen molar-refractivity contribution >= 4 is 17.9 Å². The number of carbonyl (C=O) groups is 3. The monoisotopic (exact) mass is 693 g/mol. The standard InChI is InChI=1S/C39H47N7O5/c1-22(2)34(45-39(50)51-3)38(49)46-17-4-5-31(46)35-41-20-29(43-35)25-10-6-23(7-11-25)24-8-12-26(13-9-24)30-21-42-36(44-30)32-27-14-15-28(19-27)33(32)37(48)40-16-18-47/h6-13,20-22,27-28,31-34,47H,4-5,14-19H2,1-3H3,(H,40,48)(H,41,43)(H,42,44)(H,45,50)/t27?,28?,31-,32+,33+,34-/m0/s1. The Morgan fingerprint density at radius 1 is 0.882 bits per heavy atom. The van der Waals surface area contributed by atoms with Crippen molar-refractivity contribution in [1.82, 2.24) is 35.5 Å². The predicted molar refractivity (Wildman–Crippen MR) is 192 cm³/mol. The van der Waals surface area contributed by atoms with Crippen LogP contribution in [0.15, 0.2) is 60.9 Å². The van der Waals surface area contributed by atoms with Gasteiger partial charge in [0, 0.05) is 19.0 Å². The minimum absolute atomic E-state index is 0.0288. The first-order valence-electron chi connectivity index (χ1n) is 18.1. The molecule has 0 radical (unpaired) electrons. The van der Waals surface area contributed by atoms with Crippen LogP contribution in [0.5, 0.6) is 0 Å². The Balaban J connectivity index is 1.01. The summed E-state index contributed by atoms with van der Waals surface area (Å²) in [6.07, 6.45) is 7.98. The minimum atomic E-state index is -0.677. The average Bonchev–Trinajstić information content (AvgIpc) is 4.00. The first-order chi connectivity index (χ1) is 24.7. The van der Waals surface area contributed by atoms with Crippen LogP contribution in [0.25, 0.3) is 33.6 Å². The van der Waals surface area contributed by atoms with Gasteiger partial charge in [-0.3, -0.25) is 9.59 Å². The maximum absolute atomic E-state index is 13.5. The van der Waals surface area contributed by atoms with E-state index < -0.39 is 12.1 Å². The molecule has 51 heavy (non-hydrogen) atoms. The highest BCUT2D eigenvalue weighted by atomic mass is 16.5. The van der Waals surface area contributed by atoms with E-state index >= 15 is 0 Å². The van der Waals surface area contributed by atoms with E-state index in [0.717, 1.165) is 77.4 Å². The number of ether oxygens (including phenoxy) is 1. The molecule has 12 nitrogen and oxygen atoms in total. The summed E-state index contributed by atoms with van der Waals surface area (Å²) in [6, 6.07) is 15.8. The molecule has 6 atom stereocenters. The third kappa shape index (κ3) is 6.89. The van der Waals surface area contributed by atoms with Crippen molar-refractivity contribution in [3.8, 4) is 33.6 Å². The van der Waals surface area contributed by atoms with Crippen molar-refractivity contribution < 1.29 is 24.2 Å². The number of aromatic amines is 2. The molecule has 3 fully saturated rings. The molecule has 2 aliphatic carbocycles. The lowest BCUT2D eigenvalue weighted by atomic mass is 9.78. The van der Waals surface area contributed by atoms with Crippen LogP contribution >= 0.6 is 0 Å². The van der Waals surface area contributed by atoms with Crippen molar-refractivity contribution in [2.75, 3.05) is 26.8 Å². The molecule has 2 bridgehead atoms. The molecule has 1 saturated heterocycles. The Hall–Kier alpha value is -4.97. The Morgan fingerprint density at radius 2 is 1.47 bits per heavy atom. The van der Waals surface area contributed by atoms with E-state index in [0.29, 0.717) is 18.4 Å². The van der Waals surface area contributed by atoms with Crippen LogP contribution in [0.2, 0.25) is 0 Å². The molecule has 3 heterocycles. The number of benzene rings is 2. The number of methoxy groups -OCH3 is 1. The molecule has 3 amide bonds. The molecule has 5 N–H and O–H groups in total. The number of aromatic nitrogens is 4. The van der Waals surface area contributed by atoms with Crippen molar-refractivity contribution in [1.29, 1.82) is 0 Å². The smallest absolute Gasteiger partial charge is 0.407 e. The molecule has 12 heteroatoms. The number of imidazole rings is 2. The summed E-state index contributed by atoms with van der Waals surface area (Å²) in [5.41, 5.74) is 6.00. The molecular weight excluding hydrogens is 646 g/mol. The SMILES string of the molecule is COC(=O)N[C@H](C(=O)N1CCC[C@H]1c1ncc(-c2ccc(-c3ccc(-c4cnc([C@@H]5C6CCC(C6)[C@H]5C(=O)NCCO)[nH]4)cc3)cc2)[nH]1)C(C)C. The van der Waals surface area contributed by atoms with Crippen molar-refractivity contribution in [3.05, 3.63) is 72.6 Å². The molecule has 4 aromatic rings. The minimum Gasteiger partial charge on any atom is -0.453 e. The highest BCUT2D eigenvalue weighted by Gasteiger charge is 2.52. The van der Waals surface area contributed by atoms with E-state index in [1.165, 1.54) is 7.11 Å². The van der Waals surface area contributed by atoms with Gasteiger partial charge in [0.1, 0.15) is 17.7 Å². The molecule has 3 aliphatic rings. The second-order valence-corrected chi connectivity index (χ2v) is 14.5. The maximum Gasteiger partial charge on any atom is 0.407 e. The second-order valence-electron chi connectivity index (χ2n) is 14.5. The summed E-state index contributed by atoms with van der Waals surface area (Å²) >= 11 is 0. The molecule has 2 aromatic carbocycles. The molecule has 1 aliphatic heterocycles. The fourth-order valence-electron chi connectivity index (χ4n) is 8.54. The number of hydrogen-bond acceptors (Lipinski definition) is 7. The number of H-pyrrole nitrogens is 2. The zero-order chi connectivity index (χ0) is 35.6. The summed E-state index contributed by atoms with van der Waals surface area (Å²) < 4.78 is 4.75. The van der Waals surface area contributed by atoms with E-state index in [9.17, 15) is 19.5 Å². The first kappa shape index (κ1) is 34.5. The fourth-order valence-corrected chi connectivity index (χ4v) is 8.54. The van der Waals surface area contributed by atoms with Crippen LogP contribution in [0, 0.1) is 23.7 Å². The van der Waals surface area contributed by atoms with Gasteiger partial charge in [0.15, 0.2) is 0 Å². The van der Waals surface area contributed by atoms with Gasteiger partial charge in [0.05, 0.1) is 49.5 Å². The highest BCUT2D eigenvalue weighted by molar-refractivity contribution is 5.86. The summed E-state index contributed by atoms with van der Waals surface area (Å²) in [6.45, 7) is 4.64. The van der Waals surface area contributed by atoms with Crippen LogP contribution in [-0.4, -0.2) is 80.7 Å². The number of carbonyl (C=O) groups excluding carboxylic acids is 3. The number of amides is 3. The molecular formula is C39H47N7O5. The van der Waals surface area contributed by atoms with Gasteiger partial charge < -0.3 is 35.3 Å². The number of aliphatic hydroxyl groups excluding tert-OH is 1. The quantitative estimate of drug-likeness (QED) is 0.140. The van der Waals surface area contributed by atoms with Gasteiger partial charge in [0.2, 0.25) is 11.8 Å². The molecule has 0 spiro atoms. The normalized spacial score (nSPS) is 23.1. The Morgan fingerprint density at radius 3 is 2.08 bits per heavy atom. The second kappa shape index (κ2) is 14.7. The Bertz CT molecular complexity index is 1850. The summed E-state index contributed by atoms with van der Waals surface area (Å²) in [4.78, 5) is 56.7. The van der Waals surface area contributed by atoms with Crippen LogP contribution in [-0.2, 0) is 14.3 Å². The lowest BCUT2D eigenvalue weighted by Crippen LogP contribution is -2.51. The van der Waals surface area contributed by atoms with E-state index in [1.807, 2.05) is 31.1 Å². The van der Waals surface area contributed by atoms with Gasteiger partial charge >= 0.3 is 6.09 Å². The van der Waals surface area contributed by atoms with Gasteiger partial charge in [-0.15, -0.1) is 0 Å². The van der Waals surface area contributed by atoms with E-state index in [2.05, 4.69) is 74.1 Å². The topological polar surface area (TPSA) is 165 Å². The number of nitrogens with one attached hydrogen (secondary N) is 4. The summed E-state index contributed by atoms with van der Waals surface area (Å²) in [5.74, 6) is 2.22. The number of aliphatic hydroxyl groups is 1. The summed E-state index contributed by atoms with van der Waals surface area (Å²) in [7, 11) is 1.29. The molecule has 7 rings (SSSR count). The maximum atomic E-state index is 13.5. The number of nitrogens with zero attached hydrogens (tertiary/aromatic N) is 3. The number of hydrogen-bond donors (Lipinski definition) is 5. The van der Waals surface area contributed by atoms with Gasteiger partial charge in [-0.05, 0) is 72.1 Å². The third-order valence-electron chi connectivity index (χ3n) is 11.1. The average molecular weight is 694 g/mol. The van der Waals surface area contributed by atoms with E-state index in [-0.39, 0.29) is 48.8 Å². The number of likely N-dealkylation sites (tertiary alicyclic amines) is 1. The molecule has 2 aromatic heterocycles. The largest absolute Gasteiger partial charge is 0.453 e. The molecule has 268 valence electrons. The molecule has 2 unspecified atom stereocenters. The Kier molecular flexibility index (Phi) is 9.95. The van der Waals surface area contributed by atoms with Gasteiger partial charge in [-0.1, -0.05) is 62.4 Å². The van der Waals surface area contributed by atoms with E-state index in [4.69, 9.17) is 9.72 Å². The number of alkyl carbamates (subject to hydrolysis) is 1. The van der Waals surface area contributed by atoms with Crippen LogP contribution in [0.1, 0.15) is 69.6 Å². The third-order valence-corrected chi connectivity index (χ3v) is 11.1. The highest BCUT2D eigenvalue weighted by Crippen LogP contribution is 2.56. The fraction of sp³-hybridized carbons (Fsp3) is 0.462. The van der Waals surface area contributed by atoms with Gasteiger partial charge in [0.25, 0.3) is 0 Å². The Labute approximate surface area is 297 Å². The van der Waals surface area contributed by atoms with Crippen LogP contribution in [0.3, 0.4) is 0 Å². The van der Waals surface area contributed by atoms with Crippen LogP contribution < -0.4 is 10.6 Å². The van der Waals surface area contributed by atoms with Gasteiger partial charge in [-0.25, -0.2) is 14.8 Å². The zero-order valence-corrected chi connectivity index (χ0v) is 29.4. The number of fused-ring (bicyclic) bond motifs is 2. The van der Waals surface area contributed by atoms with Crippen LogP contribution in [0.4, 0.5) is 4.79 Å². The van der Waals surface area contributed by atoms with Gasteiger partial charge in [-0.2, -0.15) is 0 Å². The van der Waals surface area contributed by atoms with Crippen molar-refractivity contribution in [3.63, 3.8) is 0 Å². The number of rotatable bonds is 11. The first-order valence-corrected chi connectivity index (χ1v) is 18.1. The lowest BCUT2D eigenvalue weighted by Gasteiger charge is -2.30. The van der Waals surface area contributed by atoms with Crippen molar-refractivity contribution in [2.24, 2.45) is 23.7 Å². The lowest BCUT2D eigenvalue weighted by molar-refractivity contribution is -0.135. The predicted octanol–water partition coefficient (Wildman–Crippen LogP) is 5.42. The van der Waals surface area contributed by atoms with Crippen molar-refractivity contribution in [2.45, 2.75) is 64.0 Å². The van der Waals surface area contributed by atoms with E-state index in [1.54, 1.807) is 0 Å².